The van der Waals surface area contributed by atoms with Gasteiger partial charge in [-0.15, -0.1) is 0 Å². The van der Waals surface area contributed by atoms with E-state index in [-0.39, 0.29) is 12.1 Å². The number of ether oxygens (including phenoxy) is 3. The maximum absolute atomic E-state index is 5.87. The number of likely N-dealkylation sites (N-methyl/N-ethyl adjacent to an activating group) is 1. The Bertz CT molecular complexity index is 360. The van der Waals surface area contributed by atoms with Crippen LogP contribution < -0.4 is 10.1 Å². The Kier molecular flexibility index (Phi) is 5.63. The summed E-state index contributed by atoms with van der Waals surface area (Å²) in [6, 6.07) is 8.38. The van der Waals surface area contributed by atoms with Gasteiger partial charge in [-0.25, -0.2) is 0 Å². The molecule has 106 valence electrons. The molecule has 1 aliphatic rings. The molecular weight excluding hydrogens is 242 g/mol. The van der Waals surface area contributed by atoms with Crippen molar-refractivity contribution in [1.82, 2.24) is 5.32 Å². The Labute approximate surface area is 115 Å². The Hall–Kier alpha value is -1.10. The van der Waals surface area contributed by atoms with Crippen molar-refractivity contribution in [2.75, 3.05) is 33.5 Å². The van der Waals surface area contributed by atoms with E-state index in [1.807, 2.05) is 26.1 Å². The Morgan fingerprint density at radius 3 is 2.74 bits per heavy atom. The van der Waals surface area contributed by atoms with E-state index in [2.05, 4.69) is 17.4 Å². The zero-order valence-corrected chi connectivity index (χ0v) is 11.7. The van der Waals surface area contributed by atoms with Crippen molar-refractivity contribution in [1.29, 1.82) is 0 Å². The van der Waals surface area contributed by atoms with Crippen LogP contribution in [0.1, 0.15) is 24.9 Å². The number of hydrogen-bond acceptors (Lipinski definition) is 4. The van der Waals surface area contributed by atoms with E-state index >= 15 is 0 Å². The summed E-state index contributed by atoms with van der Waals surface area (Å²) < 4.78 is 16.6. The van der Waals surface area contributed by atoms with Crippen LogP contribution in [0.2, 0.25) is 0 Å². The van der Waals surface area contributed by atoms with Gasteiger partial charge in [-0.05, 0) is 38.1 Å². The predicted molar refractivity (Wildman–Crippen MR) is 74.6 cm³/mol. The summed E-state index contributed by atoms with van der Waals surface area (Å²) >= 11 is 0. The van der Waals surface area contributed by atoms with E-state index in [0.717, 1.165) is 25.4 Å². The fourth-order valence-corrected chi connectivity index (χ4v) is 2.19. The third kappa shape index (κ3) is 4.20. The van der Waals surface area contributed by atoms with Crippen LogP contribution in [0.15, 0.2) is 24.3 Å². The highest BCUT2D eigenvalue weighted by molar-refractivity contribution is 5.29. The monoisotopic (exact) mass is 265 g/mol. The molecule has 19 heavy (non-hydrogen) atoms. The normalized spacial score (nSPS) is 20.4. The van der Waals surface area contributed by atoms with Gasteiger partial charge in [-0.2, -0.15) is 0 Å². The van der Waals surface area contributed by atoms with Crippen LogP contribution in [-0.2, 0) is 9.47 Å². The van der Waals surface area contributed by atoms with Gasteiger partial charge in [0.1, 0.15) is 5.75 Å². The average molecular weight is 265 g/mol. The van der Waals surface area contributed by atoms with Crippen LogP contribution in [0.4, 0.5) is 0 Å². The zero-order chi connectivity index (χ0) is 13.5. The number of rotatable bonds is 7. The fourth-order valence-electron chi connectivity index (χ4n) is 2.19. The van der Waals surface area contributed by atoms with Crippen molar-refractivity contribution < 1.29 is 14.2 Å². The summed E-state index contributed by atoms with van der Waals surface area (Å²) in [6.45, 7) is 4.89. The van der Waals surface area contributed by atoms with Gasteiger partial charge in [0.15, 0.2) is 0 Å². The summed E-state index contributed by atoms with van der Waals surface area (Å²) in [7, 11) is 1.95. The third-order valence-corrected chi connectivity index (χ3v) is 3.33. The topological polar surface area (TPSA) is 39.7 Å². The maximum atomic E-state index is 5.87. The minimum atomic E-state index is 0.205. The second-order valence-corrected chi connectivity index (χ2v) is 4.66. The van der Waals surface area contributed by atoms with E-state index in [4.69, 9.17) is 14.2 Å². The van der Waals surface area contributed by atoms with Crippen LogP contribution in [-0.4, -0.2) is 39.6 Å². The van der Waals surface area contributed by atoms with E-state index in [1.165, 1.54) is 5.56 Å². The molecule has 0 radical (unpaired) electrons. The van der Waals surface area contributed by atoms with Crippen LogP contribution in [0.3, 0.4) is 0 Å². The standard InChI is InChI=1S/C15H23NO3/c1-3-18-13-6-4-12(5-7-13)15(16-2)11-19-14-8-9-17-10-14/h4-7,14-16H,3,8-11H2,1-2H3. The van der Waals surface area contributed by atoms with Crippen molar-refractivity contribution in [2.45, 2.75) is 25.5 Å². The Morgan fingerprint density at radius 2 is 2.16 bits per heavy atom. The maximum Gasteiger partial charge on any atom is 0.119 e. The van der Waals surface area contributed by atoms with E-state index in [9.17, 15) is 0 Å². The molecule has 0 amide bonds. The lowest BCUT2D eigenvalue weighted by atomic mass is 10.1. The van der Waals surface area contributed by atoms with E-state index in [1.54, 1.807) is 0 Å². The molecule has 1 aromatic carbocycles. The van der Waals surface area contributed by atoms with Gasteiger partial charge < -0.3 is 19.5 Å². The first-order valence-corrected chi connectivity index (χ1v) is 6.93. The lowest BCUT2D eigenvalue weighted by molar-refractivity contribution is 0.0308. The smallest absolute Gasteiger partial charge is 0.119 e. The van der Waals surface area contributed by atoms with Gasteiger partial charge in [0.2, 0.25) is 0 Å². The number of nitrogens with one attached hydrogen (secondary N) is 1. The summed E-state index contributed by atoms with van der Waals surface area (Å²) in [5, 5.41) is 3.29. The van der Waals surface area contributed by atoms with Crippen molar-refractivity contribution >= 4 is 0 Å². The molecule has 1 heterocycles. The molecule has 2 unspecified atom stereocenters. The summed E-state index contributed by atoms with van der Waals surface area (Å²) in [6.07, 6.45) is 1.25. The summed E-state index contributed by atoms with van der Waals surface area (Å²) in [4.78, 5) is 0. The molecule has 1 aromatic rings. The van der Waals surface area contributed by atoms with Gasteiger partial charge >= 0.3 is 0 Å². The minimum absolute atomic E-state index is 0.205. The highest BCUT2D eigenvalue weighted by atomic mass is 16.5. The average Bonchev–Trinajstić information content (AvgIpc) is 2.95. The molecule has 0 spiro atoms. The van der Waals surface area contributed by atoms with Crippen LogP contribution in [0.25, 0.3) is 0 Å². The van der Waals surface area contributed by atoms with Gasteiger partial charge in [0.05, 0.1) is 32.0 Å². The molecule has 1 aliphatic heterocycles. The molecule has 4 nitrogen and oxygen atoms in total. The third-order valence-electron chi connectivity index (χ3n) is 3.33. The number of benzene rings is 1. The highest BCUT2D eigenvalue weighted by Gasteiger charge is 2.18. The van der Waals surface area contributed by atoms with E-state index < -0.39 is 0 Å². The molecule has 1 N–H and O–H groups in total. The van der Waals surface area contributed by atoms with Crippen LogP contribution in [0, 0.1) is 0 Å². The Balaban J connectivity index is 1.88. The second kappa shape index (κ2) is 7.48. The molecule has 2 atom stereocenters. The molecule has 0 saturated carbocycles. The van der Waals surface area contributed by atoms with Crippen molar-refractivity contribution in [3.63, 3.8) is 0 Å². The van der Waals surface area contributed by atoms with E-state index in [0.29, 0.717) is 13.2 Å². The quantitative estimate of drug-likeness (QED) is 0.820. The zero-order valence-electron chi connectivity index (χ0n) is 11.7. The minimum Gasteiger partial charge on any atom is -0.494 e. The van der Waals surface area contributed by atoms with Gasteiger partial charge in [-0.3, -0.25) is 0 Å². The first-order valence-electron chi connectivity index (χ1n) is 6.93. The predicted octanol–water partition coefficient (Wildman–Crippen LogP) is 2.15. The van der Waals surface area contributed by atoms with Gasteiger partial charge in [0, 0.05) is 6.61 Å². The van der Waals surface area contributed by atoms with Crippen LogP contribution >= 0.6 is 0 Å². The molecule has 0 aliphatic carbocycles. The first kappa shape index (κ1) is 14.3. The van der Waals surface area contributed by atoms with Crippen molar-refractivity contribution in [3.05, 3.63) is 29.8 Å². The molecular formula is C15H23NO3. The molecule has 2 rings (SSSR count). The number of hydrogen-bond donors (Lipinski definition) is 1. The summed E-state index contributed by atoms with van der Waals surface area (Å²) in [5.41, 5.74) is 1.21. The largest absolute Gasteiger partial charge is 0.494 e. The molecule has 0 bridgehead atoms. The molecule has 1 saturated heterocycles. The fraction of sp³-hybridized carbons (Fsp3) is 0.600. The Morgan fingerprint density at radius 1 is 1.37 bits per heavy atom. The molecule has 4 heteroatoms. The SMILES string of the molecule is CCOc1ccc(C(COC2CCOC2)NC)cc1. The van der Waals surface area contributed by atoms with Crippen LogP contribution in [0.5, 0.6) is 5.75 Å². The van der Waals surface area contributed by atoms with Gasteiger partial charge in [0.25, 0.3) is 0 Å². The van der Waals surface area contributed by atoms with Crippen molar-refractivity contribution in [2.24, 2.45) is 0 Å². The highest BCUT2D eigenvalue weighted by Crippen LogP contribution is 2.19. The lowest BCUT2D eigenvalue weighted by Gasteiger charge is -2.19. The molecule has 0 aromatic heterocycles. The second-order valence-electron chi connectivity index (χ2n) is 4.66. The van der Waals surface area contributed by atoms with Crippen molar-refractivity contribution in [3.8, 4) is 5.75 Å². The summed E-state index contributed by atoms with van der Waals surface area (Å²) in [5.74, 6) is 0.909. The van der Waals surface area contributed by atoms with Gasteiger partial charge in [-0.1, -0.05) is 12.1 Å². The molecule has 1 fully saturated rings. The first-order chi connectivity index (χ1) is 9.33. The lowest BCUT2D eigenvalue weighted by Crippen LogP contribution is -2.25.